The summed E-state index contributed by atoms with van der Waals surface area (Å²) in [4.78, 5) is 9.04. The Morgan fingerprint density at radius 1 is 1.12 bits per heavy atom. The minimum Gasteiger partial charge on any atom is -0.303 e. The van der Waals surface area contributed by atoms with Crippen LogP contribution < -0.4 is 0 Å². The molecule has 0 spiro atoms. The second kappa shape index (κ2) is 3.69. The molecule has 5 nitrogen and oxygen atoms in total. The van der Waals surface area contributed by atoms with Crippen molar-refractivity contribution in [2.75, 3.05) is 0 Å². The van der Waals surface area contributed by atoms with E-state index in [0.717, 1.165) is 22.7 Å². The molecule has 3 rings (SSSR count). The molecule has 0 saturated heterocycles. The first-order valence-corrected chi connectivity index (χ1v) is 5.51. The van der Waals surface area contributed by atoms with E-state index in [4.69, 9.17) is 0 Å². The van der Waals surface area contributed by atoms with E-state index in [0.29, 0.717) is 6.54 Å². The van der Waals surface area contributed by atoms with Crippen LogP contribution in [0.25, 0.3) is 5.65 Å². The van der Waals surface area contributed by atoms with Crippen LogP contribution in [0.4, 0.5) is 0 Å². The molecule has 17 heavy (non-hydrogen) atoms. The van der Waals surface area contributed by atoms with Crippen LogP contribution in [0.15, 0.2) is 30.9 Å². The van der Waals surface area contributed by atoms with Gasteiger partial charge in [0.2, 0.25) is 0 Å². The third-order valence-corrected chi connectivity index (χ3v) is 2.62. The Morgan fingerprint density at radius 3 is 2.59 bits per heavy atom. The molecule has 3 heterocycles. The zero-order chi connectivity index (χ0) is 11.8. The predicted octanol–water partition coefficient (Wildman–Crippen LogP) is 1.59. The Hall–Kier alpha value is -2.17. The van der Waals surface area contributed by atoms with Gasteiger partial charge in [0.1, 0.15) is 5.69 Å². The Kier molecular flexibility index (Phi) is 2.18. The largest absolute Gasteiger partial charge is 0.303 e. The SMILES string of the molecule is Cc1cn2cc(C)nc2c(Cn2cccn2)n1. The first-order valence-electron chi connectivity index (χ1n) is 5.51. The van der Waals surface area contributed by atoms with Crippen molar-refractivity contribution >= 4 is 5.65 Å². The van der Waals surface area contributed by atoms with E-state index in [1.807, 2.05) is 47.6 Å². The van der Waals surface area contributed by atoms with E-state index in [2.05, 4.69) is 15.1 Å². The Morgan fingerprint density at radius 2 is 1.88 bits per heavy atom. The highest BCUT2D eigenvalue weighted by atomic mass is 15.3. The lowest BCUT2D eigenvalue weighted by molar-refractivity contribution is 0.670. The second-order valence-electron chi connectivity index (χ2n) is 4.15. The summed E-state index contributed by atoms with van der Waals surface area (Å²) in [5.74, 6) is 0. The molecule has 0 bridgehead atoms. The fourth-order valence-electron chi connectivity index (χ4n) is 1.97. The number of hydrogen-bond acceptors (Lipinski definition) is 3. The average molecular weight is 227 g/mol. The van der Waals surface area contributed by atoms with Gasteiger partial charge < -0.3 is 4.40 Å². The maximum Gasteiger partial charge on any atom is 0.160 e. The molecule has 0 aromatic carbocycles. The molecule has 0 aliphatic rings. The smallest absolute Gasteiger partial charge is 0.160 e. The van der Waals surface area contributed by atoms with Gasteiger partial charge in [0, 0.05) is 24.8 Å². The van der Waals surface area contributed by atoms with Crippen molar-refractivity contribution in [2.24, 2.45) is 0 Å². The van der Waals surface area contributed by atoms with Crippen LogP contribution in [0, 0.1) is 13.8 Å². The molecule has 0 atom stereocenters. The summed E-state index contributed by atoms with van der Waals surface area (Å²) in [5, 5.41) is 4.19. The summed E-state index contributed by atoms with van der Waals surface area (Å²) in [6.07, 6.45) is 7.69. The lowest BCUT2D eigenvalue weighted by Gasteiger charge is -2.04. The highest BCUT2D eigenvalue weighted by molar-refractivity contribution is 5.45. The molecule has 0 radical (unpaired) electrons. The van der Waals surface area contributed by atoms with Crippen molar-refractivity contribution in [3.63, 3.8) is 0 Å². The van der Waals surface area contributed by atoms with Gasteiger partial charge in [0.15, 0.2) is 5.65 Å². The standard InChI is InChI=1S/C12H13N5/c1-9-6-16-7-10(2)15-12(16)11(14-9)8-17-5-3-4-13-17/h3-7H,8H2,1-2H3. The topological polar surface area (TPSA) is 48.0 Å². The minimum absolute atomic E-state index is 0.647. The van der Waals surface area contributed by atoms with Gasteiger partial charge in [-0.3, -0.25) is 9.67 Å². The molecule has 0 fully saturated rings. The number of fused-ring (bicyclic) bond motifs is 1. The van der Waals surface area contributed by atoms with Crippen molar-refractivity contribution in [3.05, 3.63) is 47.9 Å². The van der Waals surface area contributed by atoms with Gasteiger partial charge in [-0.1, -0.05) is 0 Å². The third-order valence-electron chi connectivity index (χ3n) is 2.62. The maximum absolute atomic E-state index is 4.55. The molecule has 0 amide bonds. The van der Waals surface area contributed by atoms with Crippen LogP contribution in [0.3, 0.4) is 0 Å². The van der Waals surface area contributed by atoms with Gasteiger partial charge in [-0.2, -0.15) is 5.10 Å². The molecule has 3 aromatic heterocycles. The summed E-state index contributed by atoms with van der Waals surface area (Å²) in [7, 11) is 0. The number of imidazole rings is 1. The second-order valence-corrected chi connectivity index (χ2v) is 4.15. The maximum atomic E-state index is 4.55. The molecular weight excluding hydrogens is 214 g/mol. The fraction of sp³-hybridized carbons (Fsp3) is 0.250. The van der Waals surface area contributed by atoms with Gasteiger partial charge >= 0.3 is 0 Å². The quantitative estimate of drug-likeness (QED) is 0.668. The van der Waals surface area contributed by atoms with Crippen molar-refractivity contribution in [1.29, 1.82) is 0 Å². The summed E-state index contributed by atoms with van der Waals surface area (Å²) < 4.78 is 3.88. The molecule has 3 aromatic rings. The van der Waals surface area contributed by atoms with Crippen molar-refractivity contribution < 1.29 is 0 Å². The lowest BCUT2D eigenvalue weighted by Crippen LogP contribution is -2.06. The molecule has 0 saturated carbocycles. The normalized spacial score (nSPS) is 11.2. The van der Waals surface area contributed by atoms with Crippen molar-refractivity contribution in [1.82, 2.24) is 24.1 Å². The monoisotopic (exact) mass is 227 g/mol. The van der Waals surface area contributed by atoms with E-state index in [1.165, 1.54) is 0 Å². The highest BCUT2D eigenvalue weighted by Gasteiger charge is 2.08. The van der Waals surface area contributed by atoms with E-state index < -0.39 is 0 Å². The van der Waals surface area contributed by atoms with Gasteiger partial charge in [-0.25, -0.2) is 4.98 Å². The first-order chi connectivity index (χ1) is 8.22. The first kappa shape index (κ1) is 10.0. The molecule has 0 N–H and O–H groups in total. The number of hydrogen-bond donors (Lipinski definition) is 0. The van der Waals surface area contributed by atoms with E-state index >= 15 is 0 Å². The third kappa shape index (κ3) is 1.80. The number of aromatic nitrogens is 5. The Balaban J connectivity index is 2.14. The summed E-state index contributed by atoms with van der Waals surface area (Å²) in [6, 6.07) is 1.91. The van der Waals surface area contributed by atoms with E-state index in [-0.39, 0.29) is 0 Å². The number of aryl methyl sites for hydroxylation is 2. The predicted molar refractivity (Wildman–Crippen MR) is 63.8 cm³/mol. The minimum atomic E-state index is 0.647. The fourth-order valence-corrected chi connectivity index (χ4v) is 1.97. The molecule has 5 heteroatoms. The van der Waals surface area contributed by atoms with Crippen LogP contribution in [0.2, 0.25) is 0 Å². The van der Waals surface area contributed by atoms with Crippen LogP contribution in [-0.2, 0) is 6.54 Å². The zero-order valence-corrected chi connectivity index (χ0v) is 9.83. The summed E-state index contributed by atoms with van der Waals surface area (Å²) >= 11 is 0. The molecule has 0 aliphatic carbocycles. The lowest BCUT2D eigenvalue weighted by atomic mass is 10.4. The molecule has 86 valence electrons. The summed E-state index contributed by atoms with van der Waals surface area (Å²) in [6.45, 7) is 4.62. The van der Waals surface area contributed by atoms with Crippen LogP contribution in [0.1, 0.15) is 17.1 Å². The molecule has 0 unspecified atom stereocenters. The van der Waals surface area contributed by atoms with E-state index in [9.17, 15) is 0 Å². The Bertz CT molecular complexity index is 651. The van der Waals surface area contributed by atoms with Gasteiger partial charge in [-0.05, 0) is 19.9 Å². The van der Waals surface area contributed by atoms with Crippen LogP contribution >= 0.6 is 0 Å². The van der Waals surface area contributed by atoms with Crippen molar-refractivity contribution in [3.8, 4) is 0 Å². The van der Waals surface area contributed by atoms with Gasteiger partial charge in [-0.15, -0.1) is 0 Å². The highest BCUT2D eigenvalue weighted by Crippen LogP contribution is 2.11. The van der Waals surface area contributed by atoms with Crippen LogP contribution in [0.5, 0.6) is 0 Å². The Labute approximate surface area is 98.7 Å². The zero-order valence-electron chi connectivity index (χ0n) is 9.83. The van der Waals surface area contributed by atoms with Crippen molar-refractivity contribution in [2.45, 2.75) is 20.4 Å². The van der Waals surface area contributed by atoms with Gasteiger partial charge in [0.05, 0.1) is 17.9 Å². The molecular formula is C12H13N5. The van der Waals surface area contributed by atoms with Gasteiger partial charge in [0.25, 0.3) is 0 Å². The average Bonchev–Trinajstić information content (AvgIpc) is 2.86. The van der Waals surface area contributed by atoms with E-state index in [1.54, 1.807) is 6.20 Å². The van der Waals surface area contributed by atoms with Crippen LogP contribution in [-0.4, -0.2) is 24.1 Å². The number of rotatable bonds is 2. The number of nitrogens with zero attached hydrogens (tertiary/aromatic N) is 5. The summed E-state index contributed by atoms with van der Waals surface area (Å²) in [5.41, 5.74) is 3.83. The molecule has 0 aliphatic heterocycles.